The van der Waals surface area contributed by atoms with E-state index in [-0.39, 0.29) is 70.6 Å². The van der Waals surface area contributed by atoms with Crippen molar-refractivity contribution in [1.29, 1.82) is 0 Å². The van der Waals surface area contributed by atoms with Gasteiger partial charge in [0.15, 0.2) is 0 Å². The van der Waals surface area contributed by atoms with Crippen molar-refractivity contribution in [3.8, 4) is 0 Å². The molecule has 0 heterocycles. The minimum Gasteiger partial charge on any atom is -0.744 e. The Labute approximate surface area is 244 Å². The monoisotopic (exact) mass is 715 g/mol. The van der Waals surface area contributed by atoms with Gasteiger partial charge in [0.2, 0.25) is 0 Å². The van der Waals surface area contributed by atoms with E-state index in [0.29, 0.717) is 0 Å². The zero-order valence-corrected chi connectivity index (χ0v) is 24.4. The largest absolute Gasteiger partial charge is 3.00 e. The maximum atomic E-state index is 10.4. The molecule has 181 valence electrons. The molecule has 34 heavy (non-hydrogen) atoms. The van der Waals surface area contributed by atoms with Crippen molar-refractivity contribution in [3.63, 3.8) is 0 Å². The summed E-state index contributed by atoms with van der Waals surface area (Å²) in [5, 5.41) is -0.118. The van der Waals surface area contributed by atoms with Crippen LogP contribution in [0.3, 0.4) is 0 Å². The summed E-state index contributed by atoms with van der Waals surface area (Å²) in [6.45, 7) is 0. The van der Waals surface area contributed by atoms with E-state index >= 15 is 0 Å². The van der Waals surface area contributed by atoms with Crippen molar-refractivity contribution in [2.75, 3.05) is 0 Å². The molecule has 1 radical (unpaired) electrons. The van der Waals surface area contributed by atoms with Crippen LogP contribution in [0.1, 0.15) is 0 Å². The summed E-state index contributed by atoms with van der Waals surface area (Å²) in [6, 6.07) is 16.6. The second-order valence-corrected chi connectivity index (χ2v) is 10.9. The summed E-state index contributed by atoms with van der Waals surface area (Å²) < 4.78 is 93.7. The number of benzene rings is 3. The van der Waals surface area contributed by atoms with Gasteiger partial charge in [-0.25, -0.2) is 25.3 Å². The SMILES string of the molecule is O=S(=O)([O-])c1ccccc1Cl.O=S(=O)([O-])c1ccccc1Cl.O=S(=O)([O-])c1ccccc1Cl.[Nd+3]. The van der Waals surface area contributed by atoms with Crippen molar-refractivity contribution >= 4 is 65.2 Å². The van der Waals surface area contributed by atoms with Gasteiger partial charge in [-0.2, -0.15) is 0 Å². The normalized spacial score (nSPS) is 11.1. The minimum atomic E-state index is -4.42. The molecule has 0 aliphatic rings. The molecule has 0 saturated carbocycles. The number of hydrogen-bond acceptors (Lipinski definition) is 9. The van der Waals surface area contributed by atoms with E-state index in [0.717, 1.165) is 0 Å². The van der Waals surface area contributed by atoms with Crippen molar-refractivity contribution in [1.82, 2.24) is 0 Å². The summed E-state index contributed by atoms with van der Waals surface area (Å²) in [4.78, 5) is -1.12. The quantitative estimate of drug-likeness (QED) is 0.366. The van der Waals surface area contributed by atoms with Crippen LogP contribution in [-0.2, 0) is 30.4 Å². The van der Waals surface area contributed by atoms with E-state index in [9.17, 15) is 38.9 Å². The zero-order valence-electron chi connectivity index (χ0n) is 16.5. The van der Waals surface area contributed by atoms with Crippen LogP contribution < -0.4 is 0 Å². The maximum Gasteiger partial charge on any atom is 3.00 e. The topological polar surface area (TPSA) is 172 Å². The van der Waals surface area contributed by atoms with Crippen molar-refractivity contribution < 1.29 is 79.8 Å². The van der Waals surface area contributed by atoms with Gasteiger partial charge in [-0.1, -0.05) is 71.2 Å². The van der Waals surface area contributed by atoms with Gasteiger partial charge in [-0.3, -0.25) is 0 Å². The molecular formula is C18H12Cl3NdO9S3. The second kappa shape index (κ2) is 14.4. The molecule has 0 atom stereocenters. The Hall–Kier alpha value is -0.389. The van der Waals surface area contributed by atoms with Gasteiger partial charge in [0.25, 0.3) is 0 Å². The van der Waals surface area contributed by atoms with Crippen LogP contribution in [0.15, 0.2) is 87.5 Å². The van der Waals surface area contributed by atoms with Crippen molar-refractivity contribution in [3.05, 3.63) is 87.9 Å². The molecule has 0 N–H and O–H groups in total. The third-order valence-corrected chi connectivity index (χ3v) is 7.33. The van der Waals surface area contributed by atoms with E-state index in [4.69, 9.17) is 34.8 Å². The summed E-state index contributed by atoms with van der Waals surface area (Å²) >= 11 is 16.3. The average Bonchev–Trinajstić information content (AvgIpc) is 2.67. The predicted octanol–water partition coefficient (Wildman–Crippen LogP) is 3.73. The molecule has 3 aromatic carbocycles. The number of hydrogen-bond donors (Lipinski definition) is 0. The molecular weight excluding hydrogens is 707 g/mol. The van der Waals surface area contributed by atoms with E-state index in [1.54, 1.807) is 18.2 Å². The van der Waals surface area contributed by atoms with Crippen LogP contribution in [0.4, 0.5) is 0 Å². The summed E-state index contributed by atoms with van der Waals surface area (Å²) in [7, 11) is -13.2. The third-order valence-electron chi connectivity index (χ3n) is 3.32. The van der Waals surface area contributed by atoms with Crippen LogP contribution in [0.5, 0.6) is 0 Å². The molecule has 0 bridgehead atoms. The van der Waals surface area contributed by atoms with Crippen LogP contribution in [0, 0.1) is 40.8 Å². The fraction of sp³-hybridized carbons (Fsp3) is 0. The first-order chi connectivity index (χ1) is 15.0. The number of rotatable bonds is 3. The molecule has 0 fully saturated rings. The molecule has 0 unspecified atom stereocenters. The zero-order chi connectivity index (χ0) is 25.4. The summed E-state index contributed by atoms with van der Waals surface area (Å²) in [5.74, 6) is 0. The van der Waals surface area contributed by atoms with Gasteiger partial charge in [-0.15, -0.1) is 0 Å². The molecule has 0 aromatic heterocycles. The first kappa shape index (κ1) is 33.6. The van der Waals surface area contributed by atoms with Gasteiger partial charge in [0.1, 0.15) is 30.4 Å². The van der Waals surface area contributed by atoms with Crippen molar-refractivity contribution in [2.24, 2.45) is 0 Å². The first-order valence-electron chi connectivity index (χ1n) is 8.16. The molecule has 9 nitrogen and oxygen atoms in total. The molecule has 16 heteroatoms. The van der Waals surface area contributed by atoms with Gasteiger partial charge < -0.3 is 13.7 Å². The molecule has 3 rings (SSSR count). The Morgan fingerprint density at radius 1 is 0.441 bits per heavy atom. The fourth-order valence-electron chi connectivity index (χ4n) is 1.94. The second-order valence-electron chi connectivity index (χ2n) is 5.65. The standard InChI is InChI=1S/3C6H5ClO3S.Nd/c3*7-5-3-1-2-4-6(5)11(8,9)10;/h3*1-4H,(H,8,9,10);/q;;;+3/p-3. The van der Waals surface area contributed by atoms with Crippen LogP contribution in [0.25, 0.3) is 0 Å². The van der Waals surface area contributed by atoms with Gasteiger partial charge in [0.05, 0.1) is 29.8 Å². The maximum absolute atomic E-state index is 10.4. The van der Waals surface area contributed by atoms with E-state index in [1.165, 1.54) is 54.6 Å². The molecule has 0 spiro atoms. The van der Waals surface area contributed by atoms with E-state index in [1.807, 2.05) is 0 Å². The Morgan fingerprint density at radius 2 is 0.618 bits per heavy atom. The molecule has 0 amide bonds. The Balaban J connectivity index is 0.000000473. The van der Waals surface area contributed by atoms with E-state index in [2.05, 4.69) is 0 Å². The van der Waals surface area contributed by atoms with Crippen LogP contribution in [0.2, 0.25) is 15.1 Å². The van der Waals surface area contributed by atoms with Gasteiger partial charge in [0, 0.05) is 0 Å². The fourth-order valence-corrected chi connectivity index (χ4v) is 4.86. The van der Waals surface area contributed by atoms with Crippen LogP contribution in [-0.4, -0.2) is 38.9 Å². The van der Waals surface area contributed by atoms with Gasteiger partial charge in [-0.05, 0) is 36.4 Å². The summed E-state index contributed by atoms with van der Waals surface area (Å²) in [6.07, 6.45) is 0. The predicted molar refractivity (Wildman–Crippen MR) is 118 cm³/mol. The molecule has 0 aliphatic heterocycles. The average molecular weight is 719 g/mol. The summed E-state index contributed by atoms with van der Waals surface area (Å²) in [5.41, 5.74) is 0. The van der Waals surface area contributed by atoms with E-state index < -0.39 is 30.4 Å². The van der Waals surface area contributed by atoms with Gasteiger partial charge >= 0.3 is 40.8 Å². The van der Waals surface area contributed by atoms with Crippen molar-refractivity contribution in [2.45, 2.75) is 14.7 Å². The Kier molecular flexibility index (Phi) is 14.2. The third kappa shape index (κ3) is 11.6. The Morgan fingerprint density at radius 3 is 0.735 bits per heavy atom. The Bertz CT molecular complexity index is 1250. The van der Waals surface area contributed by atoms with Crippen LogP contribution >= 0.6 is 34.8 Å². The first-order valence-corrected chi connectivity index (χ1v) is 13.5. The minimum absolute atomic E-state index is 0. The molecule has 0 aliphatic carbocycles. The molecule has 0 saturated heterocycles. The molecule has 3 aromatic rings. The number of halogens is 3. The smallest absolute Gasteiger partial charge is 0.744 e.